The third kappa shape index (κ3) is 4.56. The monoisotopic (exact) mass is 312 g/mol. The van der Waals surface area contributed by atoms with Gasteiger partial charge in [-0.3, -0.25) is 4.90 Å². The van der Waals surface area contributed by atoms with Crippen LogP contribution in [-0.2, 0) is 6.54 Å². The standard InChI is InChI=1S/C16H28N4.ClH/c1-4-19(3)16-8-7-14(11-18-16)12-20-9-5-6-13(2)15(20)10-17;/h7-8,11,13,15H,4-6,9-10,12,17H2,1-3H3;1H. The normalized spacial score (nSPS) is 22.7. The smallest absolute Gasteiger partial charge is 0.128 e. The van der Waals surface area contributed by atoms with Crippen molar-refractivity contribution in [1.29, 1.82) is 0 Å². The molecule has 0 aromatic carbocycles. The average molecular weight is 313 g/mol. The summed E-state index contributed by atoms with van der Waals surface area (Å²) < 4.78 is 0. The second-order valence-corrected chi connectivity index (χ2v) is 5.93. The Morgan fingerprint density at radius 3 is 2.76 bits per heavy atom. The van der Waals surface area contributed by atoms with Gasteiger partial charge in [0.25, 0.3) is 0 Å². The summed E-state index contributed by atoms with van der Waals surface area (Å²) in [6.45, 7) is 8.31. The molecule has 1 fully saturated rings. The number of piperidine rings is 1. The van der Waals surface area contributed by atoms with Crippen LogP contribution in [0.25, 0.3) is 0 Å². The van der Waals surface area contributed by atoms with Crippen LogP contribution in [0.3, 0.4) is 0 Å². The third-order valence-corrected chi connectivity index (χ3v) is 4.53. The molecule has 0 amide bonds. The number of hydrogen-bond donors (Lipinski definition) is 1. The van der Waals surface area contributed by atoms with Crippen LogP contribution in [0.15, 0.2) is 18.3 Å². The van der Waals surface area contributed by atoms with Gasteiger partial charge < -0.3 is 10.6 Å². The second-order valence-electron chi connectivity index (χ2n) is 5.93. The van der Waals surface area contributed by atoms with Gasteiger partial charge in [-0.25, -0.2) is 4.98 Å². The van der Waals surface area contributed by atoms with Crippen molar-refractivity contribution in [3.63, 3.8) is 0 Å². The van der Waals surface area contributed by atoms with Gasteiger partial charge in [0.1, 0.15) is 5.82 Å². The number of nitrogens with zero attached hydrogens (tertiary/aromatic N) is 3. The zero-order chi connectivity index (χ0) is 14.5. The van der Waals surface area contributed by atoms with Crippen LogP contribution in [-0.4, -0.2) is 42.6 Å². The fourth-order valence-electron chi connectivity index (χ4n) is 3.04. The Morgan fingerprint density at radius 2 is 2.19 bits per heavy atom. The summed E-state index contributed by atoms with van der Waals surface area (Å²) in [7, 11) is 2.07. The minimum atomic E-state index is 0. The van der Waals surface area contributed by atoms with Crippen molar-refractivity contribution in [3.05, 3.63) is 23.9 Å². The number of pyridine rings is 1. The van der Waals surface area contributed by atoms with E-state index in [1.54, 1.807) is 0 Å². The van der Waals surface area contributed by atoms with E-state index in [4.69, 9.17) is 5.73 Å². The van der Waals surface area contributed by atoms with Crippen LogP contribution in [0.5, 0.6) is 0 Å². The van der Waals surface area contributed by atoms with E-state index >= 15 is 0 Å². The molecule has 21 heavy (non-hydrogen) atoms. The molecule has 1 aromatic rings. The lowest BCUT2D eigenvalue weighted by atomic mass is 9.90. The summed E-state index contributed by atoms with van der Waals surface area (Å²) >= 11 is 0. The summed E-state index contributed by atoms with van der Waals surface area (Å²) in [5, 5.41) is 0. The van der Waals surface area contributed by atoms with Crippen molar-refractivity contribution >= 4 is 18.2 Å². The number of hydrogen-bond acceptors (Lipinski definition) is 4. The Hall–Kier alpha value is -0.840. The molecule has 4 nitrogen and oxygen atoms in total. The predicted molar refractivity (Wildman–Crippen MR) is 92.1 cm³/mol. The molecule has 2 unspecified atom stereocenters. The molecule has 0 saturated carbocycles. The minimum absolute atomic E-state index is 0. The van der Waals surface area contributed by atoms with E-state index in [1.165, 1.54) is 18.4 Å². The van der Waals surface area contributed by atoms with Crippen LogP contribution in [0.1, 0.15) is 32.3 Å². The maximum Gasteiger partial charge on any atom is 0.128 e. The van der Waals surface area contributed by atoms with E-state index in [2.05, 4.69) is 47.8 Å². The maximum atomic E-state index is 5.96. The molecule has 2 N–H and O–H groups in total. The summed E-state index contributed by atoms with van der Waals surface area (Å²) in [4.78, 5) is 9.22. The molecule has 120 valence electrons. The first-order valence-electron chi connectivity index (χ1n) is 7.75. The van der Waals surface area contributed by atoms with Gasteiger partial charge in [-0.2, -0.15) is 0 Å². The topological polar surface area (TPSA) is 45.4 Å². The molecule has 1 aromatic heterocycles. The fourth-order valence-corrected chi connectivity index (χ4v) is 3.04. The SMILES string of the molecule is CCN(C)c1ccc(CN2CCCC(C)C2CN)cn1.Cl. The Bertz CT molecular complexity index is 409. The van der Waals surface area contributed by atoms with Crippen molar-refractivity contribution in [2.24, 2.45) is 11.7 Å². The maximum absolute atomic E-state index is 5.96. The van der Waals surface area contributed by atoms with Gasteiger partial charge in [0, 0.05) is 38.9 Å². The van der Waals surface area contributed by atoms with E-state index in [0.717, 1.165) is 32.0 Å². The van der Waals surface area contributed by atoms with Crippen LogP contribution >= 0.6 is 12.4 Å². The second kappa shape index (κ2) is 8.57. The van der Waals surface area contributed by atoms with Gasteiger partial charge in [0.15, 0.2) is 0 Å². The first-order chi connectivity index (χ1) is 9.65. The molecule has 1 aliphatic rings. The number of anilines is 1. The molecule has 0 radical (unpaired) electrons. The van der Waals surface area contributed by atoms with Gasteiger partial charge in [0.2, 0.25) is 0 Å². The van der Waals surface area contributed by atoms with Crippen molar-refractivity contribution in [2.45, 2.75) is 39.3 Å². The molecule has 5 heteroatoms. The van der Waals surface area contributed by atoms with Crippen molar-refractivity contribution in [3.8, 4) is 0 Å². The summed E-state index contributed by atoms with van der Waals surface area (Å²) in [5.41, 5.74) is 7.24. The lowest BCUT2D eigenvalue weighted by molar-refractivity contribution is 0.0990. The zero-order valence-electron chi connectivity index (χ0n) is 13.5. The number of halogens is 1. The number of nitrogens with two attached hydrogens (primary N) is 1. The predicted octanol–water partition coefficient (Wildman–Crippen LogP) is 2.52. The highest BCUT2D eigenvalue weighted by molar-refractivity contribution is 5.85. The molecular formula is C16H29ClN4. The summed E-state index contributed by atoms with van der Waals surface area (Å²) in [6, 6.07) is 4.83. The molecule has 2 heterocycles. The Labute approximate surface area is 135 Å². The number of rotatable bonds is 5. The number of likely N-dealkylation sites (tertiary alicyclic amines) is 1. The van der Waals surface area contributed by atoms with E-state index in [0.29, 0.717) is 12.0 Å². The van der Waals surface area contributed by atoms with E-state index < -0.39 is 0 Å². The van der Waals surface area contributed by atoms with Crippen LogP contribution in [0.2, 0.25) is 0 Å². The molecule has 1 saturated heterocycles. The fraction of sp³-hybridized carbons (Fsp3) is 0.688. The van der Waals surface area contributed by atoms with E-state index in [-0.39, 0.29) is 12.4 Å². The minimum Gasteiger partial charge on any atom is -0.360 e. The molecule has 1 aliphatic heterocycles. The van der Waals surface area contributed by atoms with E-state index in [1.807, 2.05) is 6.20 Å². The van der Waals surface area contributed by atoms with Gasteiger partial charge >= 0.3 is 0 Å². The Morgan fingerprint density at radius 1 is 1.43 bits per heavy atom. The summed E-state index contributed by atoms with van der Waals surface area (Å²) in [5.74, 6) is 1.74. The molecule has 2 atom stereocenters. The van der Waals surface area contributed by atoms with Gasteiger partial charge in [-0.1, -0.05) is 13.0 Å². The lowest BCUT2D eigenvalue weighted by Gasteiger charge is -2.39. The van der Waals surface area contributed by atoms with Gasteiger partial charge in [0.05, 0.1) is 0 Å². The average Bonchev–Trinajstić information content (AvgIpc) is 2.47. The molecule has 0 bridgehead atoms. The first kappa shape index (κ1) is 18.2. The van der Waals surface area contributed by atoms with Crippen LogP contribution < -0.4 is 10.6 Å². The van der Waals surface area contributed by atoms with Crippen molar-refractivity contribution < 1.29 is 0 Å². The Kier molecular flexibility index (Phi) is 7.43. The molecular weight excluding hydrogens is 284 g/mol. The van der Waals surface area contributed by atoms with Crippen molar-refractivity contribution in [1.82, 2.24) is 9.88 Å². The van der Waals surface area contributed by atoms with Crippen LogP contribution in [0, 0.1) is 5.92 Å². The van der Waals surface area contributed by atoms with Gasteiger partial charge in [-0.05, 0) is 43.9 Å². The summed E-state index contributed by atoms with van der Waals surface area (Å²) in [6.07, 6.45) is 4.59. The number of aromatic nitrogens is 1. The zero-order valence-corrected chi connectivity index (χ0v) is 14.3. The van der Waals surface area contributed by atoms with E-state index in [9.17, 15) is 0 Å². The van der Waals surface area contributed by atoms with Crippen LogP contribution in [0.4, 0.5) is 5.82 Å². The lowest BCUT2D eigenvalue weighted by Crippen LogP contribution is -2.48. The third-order valence-electron chi connectivity index (χ3n) is 4.53. The molecule has 0 spiro atoms. The van der Waals surface area contributed by atoms with Gasteiger partial charge in [-0.15, -0.1) is 12.4 Å². The largest absolute Gasteiger partial charge is 0.360 e. The highest BCUT2D eigenvalue weighted by Gasteiger charge is 2.27. The molecule has 0 aliphatic carbocycles. The first-order valence-corrected chi connectivity index (χ1v) is 7.75. The highest BCUT2D eigenvalue weighted by atomic mass is 35.5. The molecule has 2 rings (SSSR count). The van der Waals surface area contributed by atoms with Crippen molar-refractivity contribution in [2.75, 3.05) is 31.6 Å². The highest BCUT2D eigenvalue weighted by Crippen LogP contribution is 2.24. The quantitative estimate of drug-likeness (QED) is 0.907. The Balaban J connectivity index is 0.00000220.